The Morgan fingerprint density at radius 3 is 2.28 bits per heavy atom. The molecule has 1 fully saturated rings. The van der Waals surface area contributed by atoms with Gasteiger partial charge in [-0.25, -0.2) is 13.4 Å². The molecule has 0 bridgehead atoms. The maximum Gasteiger partial charge on any atom is 0.248 e. The van der Waals surface area contributed by atoms with Crippen LogP contribution < -0.4 is 9.62 Å². The number of anilines is 2. The number of nitrogens with one attached hydrogen (secondary N) is 1. The highest BCUT2D eigenvalue weighted by molar-refractivity contribution is 7.92. The van der Waals surface area contributed by atoms with Gasteiger partial charge in [0.05, 0.1) is 12.0 Å². The van der Waals surface area contributed by atoms with Gasteiger partial charge in [0.15, 0.2) is 0 Å². The summed E-state index contributed by atoms with van der Waals surface area (Å²) in [4.78, 5) is 9.63. The Morgan fingerprint density at radius 1 is 1.09 bits per heavy atom. The lowest BCUT2D eigenvalue weighted by Crippen LogP contribution is -2.28. The maximum absolute atomic E-state index is 12.4. The fourth-order valence-corrected chi connectivity index (χ4v) is 5.49. The van der Waals surface area contributed by atoms with Gasteiger partial charge in [0.2, 0.25) is 21.8 Å². The van der Waals surface area contributed by atoms with E-state index in [0.717, 1.165) is 40.2 Å². The largest absolute Gasteiger partial charge is 0.418 e. The van der Waals surface area contributed by atoms with E-state index in [1.54, 1.807) is 13.2 Å². The van der Waals surface area contributed by atoms with Gasteiger partial charge in [-0.3, -0.25) is 9.30 Å². The molecule has 0 amide bonds. The molecule has 1 aliphatic carbocycles. The SMILES string of the molecule is COCCC(Nc1cc(-c2nnc(C(C)N=C(c3ccccc3)c3ccccc3)o2)cc(N(C)S(C)(=O)=O)n1)[C@H]1C[C@@H]1C. The lowest BCUT2D eigenvalue weighted by Gasteiger charge is -2.22. The first-order valence-corrected chi connectivity index (χ1v) is 16.2. The molecule has 2 heterocycles. The Bertz CT molecular complexity index is 1620. The van der Waals surface area contributed by atoms with E-state index < -0.39 is 16.1 Å². The molecule has 5 rings (SSSR count). The zero-order valence-electron chi connectivity index (χ0n) is 25.1. The minimum atomic E-state index is -3.56. The Kier molecular flexibility index (Phi) is 9.22. The third-order valence-corrected chi connectivity index (χ3v) is 8.93. The van der Waals surface area contributed by atoms with E-state index in [0.29, 0.717) is 35.7 Å². The molecule has 10 nitrogen and oxygen atoms in total. The van der Waals surface area contributed by atoms with Crippen molar-refractivity contribution in [1.29, 1.82) is 0 Å². The Hall–Kier alpha value is -4.09. The third-order valence-electron chi connectivity index (χ3n) is 7.75. The minimum Gasteiger partial charge on any atom is -0.418 e. The van der Waals surface area contributed by atoms with E-state index in [-0.39, 0.29) is 17.8 Å². The predicted molar refractivity (Wildman–Crippen MR) is 169 cm³/mol. The number of sulfonamides is 1. The van der Waals surface area contributed by atoms with Crippen LogP contribution in [0.4, 0.5) is 11.6 Å². The standard InChI is InChI=1S/C32H38N6O4S/c1-21-18-26(21)27(16-17-41-4)34-28-19-25(20-29(35-28)38(3)43(5,39)40)32-37-36-31(42-32)22(2)33-30(23-12-8-6-9-13-23)24-14-10-7-11-15-24/h6-15,19-22,26-27H,16-18H2,1-5H3,(H,34,35)/t21-,22?,26-,27?/m0/s1. The molecule has 2 aromatic heterocycles. The molecule has 2 unspecified atom stereocenters. The van der Waals surface area contributed by atoms with Crippen molar-refractivity contribution >= 4 is 27.4 Å². The zero-order valence-corrected chi connectivity index (χ0v) is 26.0. The molecular formula is C32H38N6O4S. The number of hydrogen-bond acceptors (Lipinski definition) is 9. The van der Waals surface area contributed by atoms with Gasteiger partial charge in [0.1, 0.15) is 17.7 Å². The Morgan fingerprint density at radius 2 is 1.72 bits per heavy atom. The summed E-state index contributed by atoms with van der Waals surface area (Å²) in [6, 6.07) is 23.1. The minimum absolute atomic E-state index is 0.135. The van der Waals surface area contributed by atoms with Gasteiger partial charge < -0.3 is 14.5 Å². The van der Waals surface area contributed by atoms with Crippen LogP contribution in [0.15, 0.2) is 82.2 Å². The van der Waals surface area contributed by atoms with Crippen LogP contribution in [-0.2, 0) is 14.8 Å². The van der Waals surface area contributed by atoms with Crippen LogP contribution in [0.2, 0.25) is 0 Å². The number of hydrogen-bond donors (Lipinski definition) is 1. The van der Waals surface area contributed by atoms with Gasteiger partial charge >= 0.3 is 0 Å². The van der Waals surface area contributed by atoms with Crippen LogP contribution in [-0.4, -0.2) is 62.4 Å². The normalized spacial score (nSPS) is 17.6. The number of benzene rings is 2. The van der Waals surface area contributed by atoms with Crippen molar-refractivity contribution in [2.24, 2.45) is 16.8 Å². The molecule has 4 atom stereocenters. The fraction of sp³-hybridized carbons (Fsp3) is 0.375. The van der Waals surface area contributed by atoms with Crippen molar-refractivity contribution in [1.82, 2.24) is 15.2 Å². The number of ether oxygens (including phenoxy) is 1. The van der Waals surface area contributed by atoms with Crippen LogP contribution >= 0.6 is 0 Å². The molecule has 2 aromatic carbocycles. The van der Waals surface area contributed by atoms with Gasteiger partial charge in [0.25, 0.3) is 0 Å². The van der Waals surface area contributed by atoms with Gasteiger partial charge in [0, 0.05) is 43.5 Å². The van der Waals surface area contributed by atoms with Gasteiger partial charge in [-0.1, -0.05) is 67.6 Å². The molecule has 0 radical (unpaired) electrons. The summed E-state index contributed by atoms with van der Waals surface area (Å²) in [5, 5.41) is 12.2. The highest BCUT2D eigenvalue weighted by atomic mass is 32.2. The van der Waals surface area contributed by atoms with E-state index in [1.165, 1.54) is 7.05 Å². The molecule has 226 valence electrons. The third kappa shape index (κ3) is 7.47. The summed E-state index contributed by atoms with van der Waals surface area (Å²) < 4.78 is 37.5. The first-order valence-electron chi connectivity index (χ1n) is 14.4. The number of methoxy groups -OCH3 is 1. The molecular weight excluding hydrogens is 564 g/mol. The molecule has 1 saturated carbocycles. The van der Waals surface area contributed by atoms with E-state index in [2.05, 4.69) is 27.4 Å². The molecule has 0 saturated heterocycles. The number of aliphatic imine (C=N–C) groups is 1. The van der Waals surface area contributed by atoms with Crippen LogP contribution in [0.25, 0.3) is 11.5 Å². The number of pyridine rings is 1. The van der Waals surface area contributed by atoms with Crippen molar-refractivity contribution in [2.45, 2.75) is 38.8 Å². The second kappa shape index (κ2) is 13.0. The van der Waals surface area contributed by atoms with Crippen molar-refractivity contribution in [3.63, 3.8) is 0 Å². The van der Waals surface area contributed by atoms with Crippen molar-refractivity contribution in [2.75, 3.05) is 36.6 Å². The van der Waals surface area contributed by atoms with E-state index in [1.807, 2.05) is 73.7 Å². The molecule has 43 heavy (non-hydrogen) atoms. The fourth-order valence-electron chi connectivity index (χ4n) is 5.06. The van der Waals surface area contributed by atoms with E-state index >= 15 is 0 Å². The topological polar surface area (TPSA) is 123 Å². The van der Waals surface area contributed by atoms with Crippen molar-refractivity contribution in [3.05, 3.63) is 89.8 Å². The van der Waals surface area contributed by atoms with Crippen LogP contribution in [0.5, 0.6) is 0 Å². The smallest absolute Gasteiger partial charge is 0.248 e. The number of aromatic nitrogens is 3. The summed E-state index contributed by atoms with van der Waals surface area (Å²) in [7, 11) is -0.402. The summed E-state index contributed by atoms with van der Waals surface area (Å²) in [6.45, 7) is 4.74. The molecule has 11 heteroatoms. The number of rotatable bonds is 13. The quantitative estimate of drug-likeness (QED) is 0.196. The average Bonchev–Trinajstić information content (AvgIpc) is 3.52. The lowest BCUT2D eigenvalue weighted by atomic mass is 10.0. The van der Waals surface area contributed by atoms with Gasteiger partial charge in [-0.2, -0.15) is 0 Å². The molecule has 4 aromatic rings. The molecule has 0 aliphatic heterocycles. The van der Waals surface area contributed by atoms with E-state index in [9.17, 15) is 8.42 Å². The lowest BCUT2D eigenvalue weighted by molar-refractivity contribution is 0.187. The average molecular weight is 603 g/mol. The molecule has 0 spiro atoms. The second-order valence-electron chi connectivity index (χ2n) is 11.1. The molecule has 1 aliphatic rings. The highest BCUT2D eigenvalue weighted by Crippen LogP contribution is 2.43. The van der Waals surface area contributed by atoms with E-state index in [4.69, 9.17) is 14.1 Å². The monoisotopic (exact) mass is 602 g/mol. The number of nitrogens with zero attached hydrogens (tertiary/aromatic N) is 5. The second-order valence-corrected chi connectivity index (χ2v) is 13.1. The first-order chi connectivity index (χ1) is 20.6. The zero-order chi connectivity index (χ0) is 30.6. The predicted octanol–water partition coefficient (Wildman–Crippen LogP) is 5.60. The molecule has 1 N–H and O–H groups in total. The van der Waals surface area contributed by atoms with Crippen molar-refractivity contribution < 1.29 is 17.6 Å². The Labute approximate surface area is 253 Å². The first kappa shape index (κ1) is 30.4. The highest BCUT2D eigenvalue weighted by Gasteiger charge is 2.39. The van der Waals surface area contributed by atoms with Crippen LogP contribution in [0, 0.1) is 11.8 Å². The van der Waals surface area contributed by atoms with Crippen LogP contribution in [0.3, 0.4) is 0 Å². The summed E-state index contributed by atoms with van der Waals surface area (Å²) in [5.41, 5.74) is 3.33. The Balaban J connectivity index is 1.48. The van der Waals surface area contributed by atoms with Gasteiger partial charge in [-0.15, -0.1) is 10.2 Å². The summed E-state index contributed by atoms with van der Waals surface area (Å²) in [6.07, 6.45) is 3.07. The maximum atomic E-state index is 12.4. The van der Waals surface area contributed by atoms with Crippen LogP contribution in [0.1, 0.15) is 49.7 Å². The summed E-state index contributed by atoms with van der Waals surface area (Å²) in [5.74, 6) is 2.47. The summed E-state index contributed by atoms with van der Waals surface area (Å²) >= 11 is 0. The van der Waals surface area contributed by atoms with Gasteiger partial charge in [-0.05, 0) is 43.7 Å². The van der Waals surface area contributed by atoms with Crippen molar-refractivity contribution in [3.8, 4) is 11.5 Å².